The molecule has 4 heterocycles. The highest BCUT2D eigenvalue weighted by Gasteiger charge is 2.33. The molecule has 1 aliphatic carbocycles. The molecule has 0 bridgehead atoms. The highest BCUT2D eigenvalue weighted by Crippen LogP contribution is 2.44. The fraction of sp³-hybridized carbons (Fsp3) is 0.455. The van der Waals surface area contributed by atoms with Crippen molar-refractivity contribution in [2.75, 3.05) is 23.7 Å². The van der Waals surface area contributed by atoms with Crippen LogP contribution in [-0.4, -0.2) is 39.1 Å². The third-order valence-electron chi connectivity index (χ3n) is 7.11. The van der Waals surface area contributed by atoms with Gasteiger partial charge in [-0.25, -0.2) is 15.0 Å². The molecule has 1 saturated heterocycles. The van der Waals surface area contributed by atoms with Crippen LogP contribution in [0.2, 0.25) is 0 Å². The van der Waals surface area contributed by atoms with E-state index in [4.69, 9.17) is 21.6 Å². The van der Waals surface area contributed by atoms with E-state index in [1.807, 2.05) is 52.2 Å². The molecule has 2 fully saturated rings. The Kier molecular flexibility index (Phi) is 11.9. The molecule has 1 saturated carbocycles. The summed E-state index contributed by atoms with van der Waals surface area (Å²) in [6.07, 6.45) is 13.6. The van der Waals surface area contributed by atoms with Crippen molar-refractivity contribution < 1.29 is 0 Å². The second kappa shape index (κ2) is 15.1. The molecule has 41 heavy (non-hydrogen) atoms. The Morgan fingerprint density at radius 1 is 1.07 bits per heavy atom. The Balaban J connectivity index is 0.00000111. The zero-order valence-corrected chi connectivity index (χ0v) is 26.3. The molecule has 5 rings (SSSR count). The lowest BCUT2D eigenvalue weighted by Crippen LogP contribution is -2.41. The summed E-state index contributed by atoms with van der Waals surface area (Å²) in [5, 5.41) is 12.2. The minimum Gasteiger partial charge on any atom is -0.366 e. The van der Waals surface area contributed by atoms with E-state index in [2.05, 4.69) is 52.9 Å². The maximum absolute atomic E-state index is 5.83. The zero-order chi connectivity index (χ0) is 30.0. The number of nitrogens with one attached hydrogen (secondary N) is 3. The zero-order valence-electron chi connectivity index (χ0n) is 25.5. The van der Waals surface area contributed by atoms with Crippen LogP contribution in [0, 0.1) is 5.41 Å². The van der Waals surface area contributed by atoms with Crippen LogP contribution in [0.3, 0.4) is 0 Å². The molecular formula is C33H46ClN7. The van der Waals surface area contributed by atoms with Gasteiger partial charge in [-0.15, -0.1) is 0 Å². The number of allylic oxidation sites excluding steroid dienone is 3. The van der Waals surface area contributed by atoms with Crippen LogP contribution in [0.15, 0.2) is 66.8 Å². The average Bonchev–Trinajstić information content (AvgIpc) is 3.83. The summed E-state index contributed by atoms with van der Waals surface area (Å²) in [5.74, 6) is 2.71. The van der Waals surface area contributed by atoms with Crippen molar-refractivity contribution in [1.82, 2.24) is 25.3 Å². The number of hydrogen-bond acceptors (Lipinski definition) is 7. The maximum atomic E-state index is 5.83. The van der Waals surface area contributed by atoms with Gasteiger partial charge in [0.05, 0.1) is 11.7 Å². The molecule has 1 unspecified atom stereocenters. The first-order valence-corrected chi connectivity index (χ1v) is 15.3. The van der Waals surface area contributed by atoms with E-state index in [0.717, 1.165) is 48.2 Å². The van der Waals surface area contributed by atoms with E-state index in [1.54, 1.807) is 18.3 Å². The van der Waals surface area contributed by atoms with Crippen molar-refractivity contribution in [2.24, 2.45) is 5.41 Å². The minimum absolute atomic E-state index is 0.0800. The van der Waals surface area contributed by atoms with E-state index in [-0.39, 0.29) is 11.5 Å². The second-order valence-corrected chi connectivity index (χ2v) is 11.1. The summed E-state index contributed by atoms with van der Waals surface area (Å²) in [4.78, 5) is 19.1. The molecule has 0 aromatic carbocycles. The topological polar surface area (TPSA) is 87.7 Å². The van der Waals surface area contributed by atoms with Gasteiger partial charge in [0.2, 0.25) is 0 Å². The quantitative estimate of drug-likeness (QED) is 0.232. The van der Waals surface area contributed by atoms with Gasteiger partial charge in [0.15, 0.2) is 5.82 Å². The lowest BCUT2D eigenvalue weighted by Gasteiger charge is -2.34. The Bertz CT molecular complexity index is 1360. The van der Waals surface area contributed by atoms with Gasteiger partial charge in [-0.2, -0.15) is 0 Å². The fourth-order valence-electron chi connectivity index (χ4n) is 4.87. The number of hydrogen-bond donors (Lipinski definition) is 3. The first-order chi connectivity index (χ1) is 19.8. The summed E-state index contributed by atoms with van der Waals surface area (Å²) < 4.78 is 0. The van der Waals surface area contributed by atoms with Gasteiger partial charge in [-0.3, -0.25) is 4.98 Å². The van der Waals surface area contributed by atoms with Crippen molar-refractivity contribution in [3.63, 3.8) is 0 Å². The number of aromatic nitrogens is 4. The van der Waals surface area contributed by atoms with Crippen LogP contribution in [0.5, 0.6) is 0 Å². The number of anilines is 2. The Morgan fingerprint density at radius 3 is 2.54 bits per heavy atom. The van der Waals surface area contributed by atoms with E-state index in [0.29, 0.717) is 28.3 Å². The van der Waals surface area contributed by atoms with Crippen LogP contribution < -0.4 is 16.0 Å². The third-order valence-corrected chi connectivity index (χ3v) is 7.23. The second-order valence-electron chi connectivity index (χ2n) is 10.7. The van der Waals surface area contributed by atoms with Crippen molar-refractivity contribution >= 4 is 34.1 Å². The fourth-order valence-corrected chi connectivity index (χ4v) is 4.93. The number of fused-ring (bicyclic) bond motifs is 1. The molecule has 1 aliphatic heterocycles. The maximum Gasteiger partial charge on any atom is 0.162 e. The molecule has 3 N–H and O–H groups in total. The Hall–Kier alpha value is -3.29. The van der Waals surface area contributed by atoms with Crippen LogP contribution in [0.4, 0.5) is 11.6 Å². The van der Waals surface area contributed by atoms with Crippen molar-refractivity contribution in [3.05, 3.63) is 72.3 Å². The monoisotopic (exact) mass is 575 g/mol. The predicted molar refractivity (Wildman–Crippen MR) is 175 cm³/mol. The standard InChI is InChI=1S/C29H34ClN7.2C2H6/c1-18(30)7-8-19(2)34-25-14-21(11-13-33-25)27-35-23-16-32-15-22(20-9-10-20)26(23)28(37-27)36-24-6-5-12-31-17-29(24,3)4;2*1-2/h7-8,11,13-16,20,24,31H,1-2,5-6,9-10,12,17H2,3-4H3,(H,33,34)(H,35,36,37);2*1-2H3/b8-7-;;. The van der Waals surface area contributed by atoms with Crippen LogP contribution in [0.1, 0.15) is 78.7 Å². The summed E-state index contributed by atoms with van der Waals surface area (Å²) in [6.45, 7) is 22.3. The third kappa shape index (κ3) is 8.60. The average molecular weight is 576 g/mol. The van der Waals surface area contributed by atoms with Crippen LogP contribution in [0.25, 0.3) is 22.3 Å². The van der Waals surface area contributed by atoms with Crippen molar-refractivity contribution in [3.8, 4) is 11.4 Å². The van der Waals surface area contributed by atoms with Gasteiger partial charge in [-0.1, -0.05) is 66.3 Å². The summed E-state index contributed by atoms with van der Waals surface area (Å²) in [7, 11) is 0. The molecular weight excluding hydrogens is 530 g/mol. The molecule has 3 aromatic rings. The van der Waals surface area contributed by atoms with Gasteiger partial charge in [0.25, 0.3) is 0 Å². The van der Waals surface area contributed by atoms with Gasteiger partial charge < -0.3 is 16.0 Å². The van der Waals surface area contributed by atoms with Gasteiger partial charge in [0.1, 0.15) is 11.6 Å². The molecule has 220 valence electrons. The smallest absolute Gasteiger partial charge is 0.162 e. The van der Waals surface area contributed by atoms with E-state index >= 15 is 0 Å². The summed E-state index contributed by atoms with van der Waals surface area (Å²) >= 11 is 5.83. The number of rotatable bonds is 8. The lowest BCUT2D eigenvalue weighted by molar-refractivity contribution is 0.302. The summed E-state index contributed by atoms with van der Waals surface area (Å²) in [5.41, 5.74) is 3.70. The Morgan fingerprint density at radius 2 is 1.83 bits per heavy atom. The molecule has 0 amide bonds. The molecule has 1 atom stereocenters. The molecule has 0 radical (unpaired) electrons. The van der Waals surface area contributed by atoms with E-state index in [1.165, 1.54) is 18.4 Å². The largest absolute Gasteiger partial charge is 0.366 e. The minimum atomic E-state index is 0.0800. The van der Waals surface area contributed by atoms with E-state index < -0.39 is 0 Å². The van der Waals surface area contributed by atoms with Crippen LogP contribution >= 0.6 is 11.6 Å². The lowest BCUT2D eigenvalue weighted by atomic mass is 9.82. The number of halogens is 1. The van der Waals surface area contributed by atoms with Crippen LogP contribution in [-0.2, 0) is 0 Å². The summed E-state index contributed by atoms with van der Waals surface area (Å²) in [6, 6.07) is 4.14. The normalized spacial score (nSPS) is 17.9. The number of pyridine rings is 2. The SMILES string of the molecule is C=C(Cl)/C=C\C(=C)Nc1cc(-c2nc(NC3CCCNCC3(C)C)c3c(C4CC4)cncc3n2)ccn1.CC.CC. The molecule has 3 aromatic heterocycles. The predicted octanol–water partition coefficient (Wildman–Crippen LogP) is 8.44. The van der Waals surface area contributed by atoms with Crippen molar-refractivity contribution in [1.29, 1.82) is 0 Å². The van der Waals surface area contributed by atoms with E-state index in [9.17, 15) is 0 Å². The van der Waals surface area contributed by atoms with Gasteiger partial charge >= 0.3 is 0 Å². The van der Waals surface area contributed by atoms with Crippen molar-refractivity contribution in [2.45, 2.75) is 79.2 Å². The number of nitrogens with zero attached hydrogens (tertiary/aromatic N) is 4. The van der Waals surface area contributed by atoms with Gasteiger partial charge in [-0.05, 0) is 73.4 Å². The Labute approximate surface area is 251 Å². The molecule has 0 spiro atoms. The van der Waals surface area contributed by atoms with Gasteiger partial charge in [0, 0.05) is 46.7 Å². The highest BCUT2D eigenvalue weighted by atomic mass is 35.5. The first-order valence-electron chi connectivity index (χ1n) is 14.9. The molecule has 2 aliphatic rings. The highest BCUT2D eigenvalue weighted by molar-refractivity contribution is 6.30. The first kappa shape index (κ1) is 32.2. The molecule has 8 heteroatoms. The molecule has 7 nitrogen and oxygen atoms in total.